The maximum atomic E-state index is 6.03. The molecule has 0 amide bonds. The number of para-hydroxylation sites is 1. The van der Waals surface area contributed by atoms with Crippen molar-refractivity contribution in [1.29, 1.82) is 0 Å². The summed E-state index contributed by atoms with van der Waals surface area (Å²) in [5, 5.41) is 4.22. The Hall–Kier alpha value is -1.16. The van der Waals surface area contributed by atoms with Crippen molar-refractivity contribution in [3.63, 3.8) is 0 Å². The second-order valence-electron chi connectivity index (χ2n) is 5.09. The van der Waals surface area contributed by atoms with Crippen molar-refractivity contribution < 1.29 is 4.74 Å². The Kier molecular flexibility index (Phi) is 8.95. The van der Waals surface area contributed by atoms with Crippen LogP contribution in [0.1, 0.15) is 45.1 Å². The van der Waals surface area contributed by atoms with E-state index in [0.29, 0.717) is 12.5 Å². The van der Waals surface area contributed by atoms with E-state index >= 15 is 0 Å². The zero-order valence-corrected chi connectivity index (χ0v) is 14.6. The Morgan fingerprint density at radius 3 is 2.75 bits per heavy atom. The number of benzene rings is 1. The van der Waals surface area contributed by atoms with Crippen LogP contribution in [0.5, 0.6) is 5.75 Å². The molecule has 0 spiro atoms. The van der Waals surface area contributed by atoms with Crippen molar-refractivity contribution in [2.45, 2.75) is 52.6 Å². The second kappa shape index (κ2) is 10.6. The number of rotatable bonds is 10. The molecule has 0 aliphatic rings. The highest BCUT2D eigenvalue weighted by Gasteiger charge is 2.08. The van der Waals surface area contributed by atoms with Crippen LogP contribution in [0.4, 0.5) is 0 Å². The molecule has 1 aromatic rings. The van der Waals surface area contributed by atoms with Crippen LogP contribution in [-0.2, 0) is 6.54 Å². The molecule has 0 bridgehead atoms. The molecule has 0 aliphatic heterocycles. The van der Waals surface area contributed by atoms with Gasteiger partial charge in [-0.2, -0.15) is 0 Å². The molecule has 0 N–H and O–H groups in total. The van der Waals surface area contributed by atoms with Gasteiger partial charge in [0.25, 0.3) is 0 Å². The third-order valence-electron chi connectivity index (χ3n) is 3.47. The smallest absolute Gasteiger partial charge is 0.175 e. The monoisotopic (exact) mass is 292 g/mol. The largest absolute Gasteiger partial charge is 0.493 e. The molecule has 4 heteroatoms. The predicted molar refractivity (Wildman–Crippen MR) is 88.2 cm³/mol. The molecular formula is C16H28N2OSi. The molecule has 1 rings (SSSR count). The van der Waals surface area contributed by atoms with E-state index in [2.05, 4.69) is 36.4 Å². The molecule has 3 nitrogen and oxygen atoms in total. The highest BCUT2D eigenvalue weighted by atomic mass is 28.2. The lowest BCUT2D eigenvalue weighted by Gasteiger charge is -2.17. The third-order valence-corrected chi connectivity index (χ3v) is 3.96. The Morgan fingerprint density at radius 2 is 2.05 bits per heavy atom. The second-order valence-corrected chi connectivity index (χ2v) is 6.01. The quantitative estimate of drug-likeness (QED) is 0.466. The summed E-state index contributed by atoms with van der Waals surface area (Å²) in [6, 6.07) is 8.19. The first-order valence-electron chi connectivity index (χ1n) is 7.85. The SMILES string of the molecule is CCCCC(CC)COc1ccccc1CN=N[SiH2]C. The van der Waals surface area contributed by atoms with Gasteiger partial charge >= 0.3 is 0 Å². The summed E-state index contributed by atoms with van der Waals surface area (Å²) in [7, 11) is -0.334. The average Bonchev–Trinajstić information content (AvgIpc) is 2.49. The van der Waals surface area contributed by atoms with Gasteiger partial charge in [0.15, 0.2) is 9.68 Å². The van der Waals surface area contributed by atoms with Gasteiger partial charge in [0.05, 0.1) is 13.2 Å². The lowest BCUT2D eigenvalue weighted by atomic mass is 10.0. The van der Waals surface area contributed by atoms with E-state index < -0.39 is 0 Å². The summed E-state index contributed by atoms with van der Waals surface area (Å²) < 4.78 is 10.2. The number of ether oxygens (including phenoxy) is 1. The Bertz CT molecular complexity index is 396. The Labute approximate surface area is 125 Å². The first kappa shape index (κ1) is 16.9. The van der Waals surface area contributed by atoms with Gasteiger partial charge in [-0.15, -0.1) is 0 Å². The average molecular weight is 292 g/mol. The van der Waals surface area contributed by atoms with Crippen molar-refractivity contribution >= 4 is 9.68 Å². The van der Waals surface area contributed by atoms with Gasteiger partial charge in [0.1, 0.15) is 5.75 Å². The van der Waals surface area contributed by atoms with Gasteiger partial charge in [-0.1, -0.05) is 57.9 Å². The fraction of sp³-hybridized carbons (Fsp3) is 0.625. The van der Waals surface area contributed by atoms with Gasteiger partial charge in [0.2, 0.25) is 0 Å². The Balaban J connectivity index is 2.55. The van der Waals surface area contributed by atoms with Crippen LogP contribution in [0.25, 0.3) is 0 Å². The van der Waals surface area contributed by atoms with Crippen LogP contribution in [0.15, 0.2) is 34.2 Å². The zero-order chi connectivity index (χ0) is 14.6. The molecule has 112 valence electrons. The molecule has 1 aromatic carbocycles. The number of hydrogen-bond donors (Lipinski definition) is 0. The summed E-state index contributed by atoms with van der Waals surface area (Å²) in [5.41, 5.74) is 1.14. The van der Waals surface area contributed by atoms with Crippen molar-refractivity contribution in [1.82, 2.24) is 0 Å². The van der Waals surface area contributed by atoms with E-state index in [0.717, 1.165) is 17.9 Å². The summed E-state index contributed by atoms with van der Waals surface area (Å²) in [6.07, 6.45) is 4.99. The minimum absolute atomic E-state index is 0.334. The van der Waals surface area contributed by atoms with Crippen LogP contribution in [-0.4, -0.2) is 16.3 Å². The molecule has 0 heterocycles. The van der Waals surface area contributed by atoms with Gasteiger partial charge in [0, 0.05) is 5.56 Å². The van der Waals surface area contributed by atoms with E-state index in [1.165, 1.54) is 25.7 Å². The third kappa shape index (κ3) is 6.33. The molecule has 0 saturated carbocycles. The summed E-state index contributed by atoms with van der Waals surface area (Å²) in [5.74, 6) is 1.63. The minimum atomic E-state index is -0.334. The maximum Gasteiger partial charge on any atom is 0.175 e. The zero-order valence-electron chi connectivity index (χ0n) is 13.1. The number of hydrogen-bond acceptors (Lipinski definition) is 3. The summed E-state index contributed by atoms with van der Waals surface area (Å²) in [6.45, 7) is 8.07. The summed E-state index contributed by atoms with van der Waals surface area (Å²) >= 11 is 0. The van der Waals surface area contributed by atoms with E-state index in [1.807, 2.05) is 18.2 Å². The van der Waals surface area contributed by atoms with E-state index in [-0.39, 0.29) is 9.68 Å². The van der Waals surface area contributed by atoms with Crippen molar-refractivity contribution in [3.05, 3.63) is 29.8 Å². The van der Waals surface area contributed by atoms with Crippen molar-refractivity contribution in [2.24, 2.45) is 15.8 Å². The molecule has 0 aromatic heterocycles. The van der Waals surface area contributed by atoms with Crippen LogP contribution in [0, 0.1) is 5.92 Å². The fourth-order valence-corrected chi connectivity index (χ4v) is 2.41. The predicted octanol–water partition coefficient (Wildman–Crippen LogP) is 4.37. The van der Waals surface area contributed by atoms with E-state index in [4.69, 9.17) is 4.74 Å². The van der Waals surface area contributed by atoms with E-state index in [9.17, 15) is 0 Å². The normalized spacial score (nSPS) is 13.3. The molecule has 0 aliphatic carbocycles. The van der Waals surface area contributed by atoms with Gasteiger partial charge < -0.3 is 4.74 Å². The molecule has 0 saturated heterocycles. The topological polar surface area (TPSA) is 34.0 Å². The van der Waals surface area contributed by atoms with Crippen LogP contribution >= 0.6 is 0 Å². The Morgan fingerprint density at radius 1 is 1.25 bits per heavy atom. The number of nitrogens with zero attached hydrogens (tertiary/aromatic N) is 2. The molecule has 0 fully saturated rings. The lowest BCUT2D eigenvalue weighted by molar-refractivity contribution is 0.231. The van der Waals surface area contributed by atoms with E-state index in [1.54, 1.807) is 0 Å². The molecule has 0 radical (unpaired) electrons. The highest BCUT2D eigenvalue weighted by Crippen LogP contribution is 2.21. The molecule has 1 unspecified atom stereocenters. The lowest BCUT2D eigenvalue weighted by Crippen LogP contribution is -2.12. The molecule has 1 atom stereocenters. The minimum Gasteiger partial charge on any atom is -0.493 e. The summed E-state index contributed by atoms with van der Waals surface area (Å²) in [4.78, 5) is 0. The first-order valence-corrected chi connectivity index (χ1v) is 9.90. The molecular weight excluding hydrogens is 264 g/mol. The van der Waals surface area contributed by atoms with Crippen LogP contribution in [0.3, 0.4) is 0 Å². The maximum absolute atomic E-state index is 6.03. The van der Waals surface area contributed by atoms with Gasteiger partial charge in [-0.25, -0.2) is 9.89 Å². The van der Waals surface area contributed by atoms with Gasteiger partial charge in [-0.05, 0) is 18.4 Å². The van der Waals surface area contributed by atoms with Crippen LogP contribution < -0.4 is 4.74 Å². The number of unbranched alkanes of at least 4 members (excludes halogenated alkanes) is 1. The van der Waals surface area contributed by atoms with Gasteiger partial charge in [-0.3, -0.25) is 0 Å². The first-order chi connectivity index (χ1) is 9.81. The standard InChI is InChI=1S/C16H28N2OSi/c1-4-6-9-14(5-2)13-19-16-11-8-7-10-15(16)12-17-18-20-3/h7-8,10-11,14H,4-6,9,12-13,20H2,1-3H3. The highest BCUT2D eigenvalue weighted by molar-refractivity contribution is 6.30. The van der Waals surface area contributed by atoms with Crippen molar-refractivity contribution in [2.75, 3.05) is 6.61 Å². The van der Waals surface area contributed by atoms with Crippen molar-refractivity contribution in [3.8, 4) is 5.75 Å². The molecule has 20 heavy (non-hydrogen) atoms. The van der Waals surface area contributed by atoms with Crippen LogP contribution in [0.2, 0.25) is 6.55 Å². The fourth-order valence-electron chi connectivity index (χ4n) is 2.11.